The van der Waals surface area contributed by atoms with Crippen LogP contribution < -0.4 is 20.7 Å². The topological polar surface area (TPSA) is 110 Å². The first-order valence-corrected chi connectivity index (χ1v) is 15.9. The van der Waals surface area contributed by atoms with Crippen molar-refractivity contribution in [1.29, 1.82) is 0 Å². The quantitative estimate of drug-likeness (QED) is 0.135. The van der Waals surface area contributed by atoms with E-state index in [1.165, 1.54) is 11.8 Å². The van der Waals surface area contributed by atoms with Gasteiger partial charge in [0.2, 0.25) is 5.91 Å². The number of aryl methyl sites for hydroxylation is 2. The van der Waals surface area contributed by atoms with Crippen molar-refractivity contribution < 1.29 is 14.3 Å². The van der Waals surface area contributed by atoms with Gasteiger partial charge in [-0.1, -0.05) is 55.3 Å². The summed E-state index contributed by atoms with van der Waals surface area (Å²) < 4.78 is 7.97. The van der Waals surface area contributed by atoms with Crippen molar-refractivity contribution in [3.63, 3.8) is 0 Å². The second-order valence-corrected chi connectivity index (χ2v) is 11.3. The first-order chi connectivity index (χ1) is 21.4. The lowest BCUT2D eigenvalue weighted by Gasteiger charge is -2.15. The predicted molar refractivity (Wildman–Crippen MR) is 179 cm³/mol. The van der Waals surface area contributed by atoms with Crippen LogP contribution in [0.3, 0.4) is 0 Å². The number of pyridine rings is 1. The highest BCUT2D eigenvalue weighted by atomic mass is 32.2. The number of thioether (sulfide) groups is 1. The second-order valence-electron chi connectivity index (χ2n) is 10.4. The zero-order chi connectivity index (χ0) is 30.9. The van der Waals surface area contributed by atoms with Crippen LogP contribution in [-0.4, -0.2) is 38.7 Å². The Labute approximate surface area is 261 Å². The number of rotatable bonds is 12. The van der Waals surface area contributed by atoms with Crippen LogP contribution in [0.4, 0.5) is 22.1 Å². The molecule has 226 valence electrons. The monoisotopic (exact) mass is 608 g/mol. The van der Waals surface area contributed by atoms with Gasteiger partial charge in [0, 0.05) is 23.0 Å². The number of anilines is 3. The Balaban J connectivity index is 1.31. The summed E-state index contributed by atoms with van der Waals surface area (Å²) in [7, 11) is 0. The molecule has 0 saturated heterocycles. The maximum absolute atomic E-state index is 13.3. The van der Waals surface area contributed by atoms with Gasteiger partial charge >= 0.3 is 6.03 Å². The van der Waals surface area contributed by atoms with Crippen LogP contribution in [0.2, 0.25) is 0 Å². The average Bonchev–Trinajstić information content (AvgIpc) is 3.42. The maximum Gasteiger partial charge on any atom is 0.324 e. The molecule has 10 heteroatoms. The minimum Gasteiger partial charge on any atom is -0.488 e. The van der Waals surface area contributed by atoms with Gasteiger partial charge in [0.05, 0.1) is 22.8 Å². The van der Waals surface area contributed by atoms with Gasteiger partial charge in [0.1, 0.15) is 24.0 Å². The highest BCUT2D eigenvalue weighted by molar-refractivity contribution is 7.99. The largest absolute Gasteiger partial charge is 0.488 e. The molecule has 3 aromatic carbocycles. The maximum atomic E-state index is 13.3. The number of urea groups is 1. The standard InChI is InChI=1S/C34H36N6O3S/c1-4-5-8-25-20-32(40(39-25)26-13-11-23(2)12-14-26)38-34(42)36-29-15-16-30(28-10-7-6-9-27(28)29)43-21-24-17-18-35-31(19-24)37-33(41)22-44-3/h6-7,9-20H,4-5,8,21-22H2,1-3H3,(H,35,37,41)(H2,36,38,42). The minimum atomic E-state index is -0.369. The molecule has 3 amide bonds. The second kappa shape index (κ2) is 14.6. The lowest BCUT2D eigenvalue weighted by Crippen LogP contribution is -2.21. The molecule has 9 nitrogen and oxygen atoms in total. The molecule has 5 rings (SSSR count). The van der Waals surface area contributed by atoms with Gasteiger partial charge in [-0.2, -0.15) is 16.9 Å². The van der Waals surface area contributed by atoms with Crippen LogP contribution in [-0.2, 0) is 17.8 Å². The van der Waals surface area contributed by atoms with E-state index in [1.807, 2.05) is 86.0 Å². The number of aromatic nitrogens is 3. The average molecular weight is 609 g/mol. The van der Waals surface area contributed by atoms with Crippen molar-refractivity contribution in [3.05, 3.63) is 102 Å². The van der Waals surface area contributed by atoms with Crippen LogP contribution >= 0.6 is 11.8 Å². The predicted octanol–water partition coefficient (Wildman–Crippen LogP) is 7.60. The van der Waals surface area contributed by atoms with E-state index in [9.17, 15) is 9.59 Å². The van der Waals surface area contributed by atoms with Crippen LogP contribution in [0, 0.1) is 6.92 Å². The van der Waals surface area contributed by atoms with E-state index in [1.54, 1.807) is 16.9 Å². The van der Waals surface area contributed by atoms with E-state index >= 15 is 0 Å². The first kappa shape index (κ1) is 30.6. The molecule has 0 atom stereocenters. The highest BCUT2D eigenvalue weighted by Gasteiger charge is 2.15. The Morgan fingerprint density at radius 2 is 1.73 bits per heavy atom. The van der Waals surface area contributed by atoms with Gasteiger partial charge in [-0.3, -0.25) is 10.1 Å². The molecule has 0 spiro atoms. The minimum absolute atomic E-state index is 0.0993. The molecule has 0 aliphatic heterocycles. The van der Waals surface area contributed by atoms with Crippen molar-refractivity contribution in [2.45, 2.75) is 39.7 Å². The Hall–Kier alpha value is -4.83. The van der Waals surface area contributed by atoms with Gasteiger partial charge in [0.15, 0.2) is 0 Å². The van der Waals surface area contributed by atoms with E-state index in [4.69, 9.17) is 9.84 Å². The molecule has 0 aliphatic rings. The molecule has 44 heavy (non-hydrogen) atoms. The summed E-state index contributed by atoms with van der Waals surface area (Å²) in [6.45, 7) is 4.47. The SMILES string of the molecule is CCCCc1cc(NC(=O)Nc2ccc(OCc3ccnc(NC(=O)CSC)c3)c3ccccc23)n(-c2ccc(C)cc2)n1. The summed E-state index contributed by atoms with van der Waals surface area (Å²) in [5.41, 5.74) is 4.48. The summed E-state index contributed by atoms with van der Waals surface area (Å²) in [4.78, 5) is 29.5. The van der Waals surface area contributed by atoms with Gasteiger partial charge in [0.25, 0.3) is 0 Å². The molecular formula is C34H36N6O3S. The van der Waals surface area contributed by atoms with Crippen LogP contribution in [0.5, 0.6) is 5.75 Å². The van der Waals surface area contributed by atoms with Gasteiger partial charge in [-0.25, -0.2) is 14.5 Å². The number of carbonyl (C=O) groups excluding carboxylic acids is 2. The number of hydrogen-bond donors (Lipinski definition) is 3. The van der Waals surface area contributed by atoms with Crippen LogP contribution in [0.15, 0.2) is 85.1 Å². The summed E-state index contributed by atoms with van der Waals surface area (Å²) in [6.07, 6.45) is 6.45. The van der Waals surface area contributed by atoms with E-state index < -0.39 is 0 Å². The van der Waals surface area contributed by atoms with Crippen LogP contribution in [0.25, 0.3) is 16.5 Å². The molecule has 0 bridgehead atoms. The third-order valence-electron chi connectivity index (χ3n) is 6.96. The summed E-state index contributed by atoms with van der Waals surface area (Å²) in [5.74, 6) is 2.03. The van der Waals surface area contributed by atoms with Crippen molar-refractivity contribution in [1.82, 2.24) is 14.8 Å². The lowest BCUT2D eigenvalue weighted by molar-refractivity contribution is -0.113. The van der Waals surface area contributed by atoms with E-state index in [0.717, 1.165) is 52.5 Å². The number of nitrogens with one attached hydrogen (secondary N) is 3. The van der Waals surface area contributed by atoms with Crippen molar-refractivity contribution in [2.24, 2.45) is 0 Å². The Kier molecular flexibility index (Phi) is 10.1. The normalized spacial score (nSPS) is 10.9. The smallest absolute Gasteiger partial charge is 0.324 e. The van der Waals surface area contributed by atoms with E-state index in [-0.39, 0.29) is 18.5 Å². The molecule has 0 saturated carbocycles. The highest BCUT2D eigenvalue weighted by Crippen LogP contribution is 2.32. The molecule has 2 aromatic heterocycles. The number of fused-ring (bicyclic) bond motifs is 1. The molecule has 3 N–H and O–H groups in total. The number of amides is 3. The van der Waals surface area contributed by atoms with Gasteiger partial charge < -0.3 is 15.4 Å². The zero-order valence-corrected chi connectivity index (χ0v) is 25.9. The molecule has 0 aliphatic carbocycles. The fourth-order valence-electron chi connectivity index (χ4n) is 4.76. The number of ether oxygens (including phenoxy) is 1. The number of unbranched alkanes of at least 4 members (excludes halogenated alkanes) is 1. The van der Waals surface area contributed by atoms with E-state index in [0.29, 0.717) is 28.8 Å². The Morgan fingerprint density at radius 3 is 2.50 bits per heavy atom. The molecule has 0 radical (unpaired) electrons. The molecule has 2 heterocycles. The van der Waals surface area contributed by atoms with Crippen molar-refractivity contribution in [2.75, 3.05) is 28.0 Å². The number of nitrogens with zero attached hydrogens (tertiary/aromatic N) is 3. The van der Waals surface area contributed by atoms with Gasteiger partial charge in [-0.05, 0) is 68.0 Å². The molecule has 0 fully saturated rings. The Bertz CT molecular complexity index is 1750. The molecule has 0 unspecified atom stereocenters. The van der Waals surface area contributed by atoms with Crippen molar-refractivity contribution in [3.8, 4) is 11.4 Å². The third-order valence-corrected chi connectivity index (χ3v) is 7.51. The third kappa shape index (κ3) is 7.76. The fourth-order valence-corrected chi connectivity index (χ4v) is 5.10. The number of benzene rings is 3. The summed E-state index contributed by atoms with van der Waals surface area (Å²) in [5, 5.41) is 15.3. The lowest BCUT2D eigenvalue weighted by atomic mass is 10.1. The molecule has 5 aromatic rings. The molecular weight excluding hydrogens is 572 g/mol. The Morgan fingerprint density at radius 1 is 0.932 bits per heavy atom. The van der Waals surface area contributed by atoms with E-state index in [2.05, 4.69) is 27.9 Å². The van der Waals surface area contributed by atoms with Crippen molar-refractivity contribution >= 4 is 51.8 Å². The van der Waals surface area contributed by atoms with Gasteiger partial charge in [-0.15, -0.1) is 0 Å². The summed E-state index contributed by atoms with van der Waals surface area (Å²) >= 11 is 1.45. The fraction of sp³-hybridized carbons (Fsp3) is 0.235. The number of hydrogen-bond acceptors (Lipinski definition) is 6. The first-order valence-electron chi connectivity index (χ1n) is 14.6. The zero-order valence-electron chi connectivity index (χ0n) is 25.1. The van der Waals surface area contributed by atoms with Crippen LogP contribution in [0.1, 0.15) is 36.6 Å². The number of carbonyl (C=O) groups is 2. The summed E-state index contributed by atoms with van der Waals surface area (Å²) in [6, 6.07) is 24.7.